The summed E-state index contributed by atoms with van der Waals surface area (Å²) >= 11 is 12.7. The normalized spacial score (nSPS) is 26.2. The van der Waals surface area contributed by atoms with Crippen molar-refractivity contribution in [3.63, 3.8) is 0 Å². The predicted octanol–water partition coefficient (Wildman–Crippen LogP) is 5.93. The van der Waals surface area contributed by atoms with Crippen molar-refractivity contribution in [2.75, 3.05) is 11.9 Å². The summed E-state index contributed by atoms with van der Waals surface area (Å²) in [6.45, 7) is 2.45. The summed E-state index contributed by atoms with van der Waals surface area (Å²) in [6.07, 6.45) is 7.84. The molecule has 35 heavy (non-hydrogen) atoms. The van der Waals surface area contributed by atoms with Crippen molar-refractivity contribution in [2.24, 2.45) is 5.92 Å². The molecule has 2 amide bonds. The Balaban J connectivity index is 1.60. The number of hydrogen-bond donors (Lipinski definition) is 2. The van der Waals surface area contributed by atoms with Gasteiger partial charge in [0.2, 0.25) is 11.8 Å². The first-order valence-corrected chi connectivity index (χ1v) is 13.5. The predicted molar refractivity (Wildman–Crippen MR) is 141 cm³/mol. The second-order valence-corrected chi connectivity index (χ2v) is 11.4. The zero-order valence-corrected chi connectivity index (χ0v) is 21.7. The Hall–Kier alpha value is -2.08. The third kappa shape index (κ3) is 4.96. The summed E-state index contributed by atoms with van der Waals surface area (Å²) in [4.78, 5) is 29.6. The molecule has 1 aliphatic heterocycles. The molecule has 7 heteroatoms. The van der Waals surface area contributed by atoms with Crippen molar-refractivity contribution in [3.8, 4) is 0 Å². The van der Waals surface area contributed by atoms with E-state index in [1.807, 2.05) is 42.5 Å². The smallest absolute Gasteiger partial charge is 0.249 e. The largest absolute Gasteiger partial charge is 0.352 e. The van der Waals surface area contributed by atoms with Crippen LogP contribution in [0.3, 0.4) is 0 Å². The number of carbonyl (C=O) groups excluding carboxylic acids is 2. The molecular weight excluding hydrogens is 481 g/mol. The van der Waals surface area contributed by atoms with Gasteiger partial charge in [0.1, 0.15) is 5.54 Å². The summed E-state index contributed by atoms with van der Waals surface area (Å²) in [5, 5.41) is 7.51. The molecule has 2 aromatic rings. The first kappa shape index (κ1) is 24.6. The number of hydrogen-bond acceptors (Lipinski definition) is 3. The minimum atomic E-state index is -1.02. The van der Waals surface area contributed by atoms with Gasteiger partial charge in [-0.15, -0.1) is 0 Å². The van der Waals surface area contributed by atoms with Crippen LogP contribution in [0.4, 0.5) is 5.69 Å². The first-order valence-electron chi connectivity index (χ1n) is 12.8. The minimum Gasteiger partial charge on any atom is -0.352 e. The summed E-state index contributed by atoms with van der Waals surface area (Å²) in [5.41, 5.74) is 1.53. The molecule has 186 valence electrons. The Morgan fingerprint density at radius 1 is 1.09 bits per heavy atom. The molecule has 0 bridgehead atoms. The van der Waals surface area contributed by atoms with Gasteiger partial charge in [0.15, 0.2) is 0 Å². The molecule has 3 aliphatic rings. The monoisotopic (exact) mass is 513 g/mol. The van der Waals surface area contributed by atoms with Crippen molar-refractivity contribution in [1.29, 1.82) is 0 Å². The molecule has 5 rings (SSSR count). The van der Waals surface area contributed by atoms with Gasteiger partial charge in [0.25, 0.3) is 0 Å². The maximum absolute atomic E-state index is 14.0. The van der Waals surface area contributed by atoms with Crippen molar-refractivity contribution >= 4 is 40.7 Å². The number of rotatable bonds is 7. The van der Waals surface area contributed by atoms with Crippen LogP contribution in [0, 0.1) is 5.92 Å². The molecule has 1 unspecified atom stereocenters. The Morgan fingerprint density at radius 3 is 2.57 bits per heavy atom. The molecule has 0 spiro atoms. The highest BCUT2D eigenvalue weighted by Gasteiger charge is 2.54. The molecule has 2 aromatic carbocycles. The van der Waals surface area contributed by atoms with E-state index >= 15 is 0 Å². The fourth-order valence-corrected chi connectivity index (χ4v) is 6.46. The fourth-order valence-electron chi connectivity index (χ4n) is 6.07. The highest BCUT2D eigenvalue weighted by atomic mass is 35.5. The quantitative estimate of drug-likeness (QED) is 0.481. The zero-order chi connectivity index (χ0) is 24.6. The van der Waals surface area contributed by atoms with Gasteiger partial charge in [-0.2, -0.15) is 0 Å². The van der Waals surface area contributed by atoms with Crippen molar-refractivity contribution < 1.29 is 9.59 Å². The summed E-state index contributed by atoms with van der Waals surface area (Å²) < 4.78 is 0. The van der Waals surface area contributed by atoms with Crippen LogP contribution >= 0.6 is 23.2 Å². The lowest BCUT2D eigenvalue weighted by Crippen LogP contribution is -2.60. The lowest BCUT2D eigenvalue weighted by molar-refractivity contribution is -0.136. The van der Waals surface area contributed by atoms with E-state index in [4.69, 9.17) is 23.2 Å². The van der Waals surface area contributed by atoms with Crippen LogP contribution in [0.15, 0.2) is 42.5 Å². The van der Waals surface area contributed by atoms with Crippen molar-refractivity contribution in [1.82, 2.24) is 10.2 Å². The molecule has 0 saturated heterocycles. The van der Waals surface area contributed by atoms with Crippen LogP contribution in [0.25, 0.3) is 0 Å². The molecule has 0 radical (unpaired) electrons. The van der Waals surface area contributed by atoms with Crippen LogP contribution in [0.2, 0.25) is 10.0 Å². The zero-order valence-electron chi connectivity index (χ0n) is 20.2. The average Bonchev–Trinajstić information content (AvgIpc) is 3.05. The Kier molecular flexibility index (Phi) is 7.11. The van der Waals surface area contributed by atoms with Gasteiger partial charge in [-0.05, 0) is 67.9 Å². The van der Waals surface area contributed by atoms with Gasteiger partial charge in [0, 0.05) is 39.8 Å². The molecule has 2 aliphatic carbocycles. The van der Waals surface area contributed by atoms with Crippen LogP contribution in [0.1, 0.15) is 63.0 Å². The van der Waals surface area contributed by atoms with Gasteiger partial charge in [0.05, 0.1) is 6.54 Å². The summed E-state index contributed by atoms with van der Waals surface area (Å²) in [6, 6.07) is 13.6. The van der Waals surface area contributed by atoms with Crippen LogP contribution in [-0.2, 0) is 21.5 Å². The summed E-state index contributed by atoms with van der Waals surface area (Å²) in [5.74, 6) is 0.432. The standard InChI is InChI=1S/C28H33Cl2N3O2/c1-18-5-2-10-23(13-18)33(17-26(34)31-22-8-4-9-22)28(16-19-6-3-7-20(29)14-19)24-12-11-21(30)15-25(24)32-27(28)35/h3,6-7,11-12,14-15,18,22-23H,2,4-5,8-10,13,16-17H2,1H3,(H,31,34)(H,32,35)/t18-,23-,28?/m1/s1. The molecule has 2 fully saturated rings. The van der Waals surface area contributed by atoms with Gasteiger partial charge in [-0.25, -0.2) is 0 Å². The number of nitrogens with one attached hydrogen (secondary N) is 2. The van der Waals surface area contributed by atoms with Crippen LogP contribution < -0.4 is 10.6 Å². The molecule has 3 atom stereocenters. The third-order valence-corrected chi connectivity index (χ3v) is 8.49. The van der Waals surface area contributed by atoms with E-state index in [-0.39, 0.29) is 30.4 Å². The van der Waals surface area contributed by atoms with E-state index < -0.39 is 5.54 Å². The number of anilines is 1. The SMILES string of the molecule is C[C@@H]1CCC[C@@H](N(CC(=O)NC2CCC2)C2(Cc3cccc(Cl)c3)C(=O)Nc3cc(Cl)ccc32)C1. The fraction of sp³-hybridized carbons (Fsp3) is 0.500. The molecular formula is C28H33Cl2N3O2. The molecule has 0 aromatic heterocycles. The Morgan fingerprint density at radius 2 is 1.86 bits per heavy atom. The highest BCUT2D eigenvalue weighted by molar-refractivity contribution is 6.31. The van der Waals surface area contributed by atoms with E-state index in [0.29, 0.717) is 22.4 Å². The van der Waals surface area contributed by atoms with Gasteiger partial charge >= 0.3 is 0 Å². The van der Waals surface area contributed by atoms with Crippen LogP contribution in [0.5, 0.6) is 0 Å². The molecule has 2 N–H and O–H groups in total. The number of carbonyl (C=O) groups is 2. The first-order chi connectivity index (χ1) is 16.8. The van der Waals surface area contributed by atoms with E-state index in [9.17, 15) is 9.59 Å². The van der Waals surface area contributed by atoms with Gasteiger partial charge in [-0.3, -0.25) is 14.5 Å². The van der Waals surface area contributed by atoms with E-state index in [2.05, 4.69) is 22.5 Å². The van der Waals surface area contributed by atoms with E-state index in [1.54, 1.807) is 0 Å². The summed E-state index contributed by atoms with van der Waals surface area (Å²) in [7, 11) is 0. The Labute approximate surface area is 217 Å². The highest BCUT2D eigenvalue weighted by Crippen LogP contribution is 2.47. The van der Waals surface area contributed by atoms with Crippen molar-refractivity contribution in [2.45, 2.75) is 75.9 Å². The van der Waals surface area contributed by atoms with E-state index in [1.165, 1.54) is 6.42 Å². The van der Waals surface area contributed by atoms with E-state index in [0.717, 1.165) is 55.3 Å². The molecule has 2 saturated carbocycles. The van der Waals surface area contributed by atoms with Gasteiger partial charge < -0.3 is 10.6 Å². The molecule has 5 nitrogen and oxygen atoms in total. The Bertz CT molecular complexity index is 1120. The maximum Gasteiger partial charge on any atom is 0.249 e. The lowest BCUT2D eigenvalue weighted by atomic mass is 9.78. The van der Waals surface area contributed by atoms with Crippen LogP contribution in [-0.4, -0.2) is 35.3 Å². The third-order valence-electron chi connectivity index (χ3n) is 8.02. The minimum absolute atomic E-state index is 0.00592. The number of nitrogens with zero attached hydrogens (tertiary/aromatic N) is 1. The second-order valence-electron chi connectivity index (χ2n) is 10.6. The second kappa shape index (κ2) is 10.1. The maximum atomic E-state index is 14.0. The average molecular weight is 514 g/mol. The van der Waals surface area contributed by atoms with Crippen molar-refractivity contribution in [3.05, 3.63) is 63.6 Å². The number of halogens is 2. The van der Waals surface area contributed by atoms with Gasteiger partial charge in [-0.1, -0.05) is 61.2 Å². The lowest BCUT2D eigenvalue weighted by Gasteiger charge is -2.46. The number of fused-ring (bicyclic) bond motifs is 1. The number of benzene rings is 2. The number of amides is 2. The topological polar surface area (TPSA) is 61.4 Å². The molecule has 1 heterocycles.